The number of carbonyl (C=O) groups is 1. The zero-order chi connectivity index (χ0) is 12.4. The third kappa shape index (κ3) is 2.00. The van der Waals surface area contributed by atoms with Crippen LogP contribution in [0.3, 0.4) is 0 Å². The zero-order valence-electron chi connectivity index (χ0n) is 9.50. The van der Waals surface area contributed by atoms with E-state index in [-0.39, 0.29) is 0 Å². The summed E-state index contributed by atoms with van der Waals surface area (Å²) in [6, 6.07) is 15.7. The summed E-state index contributed by atoms with van der Waals surface area (Å²) in [7, 11) is 0. The summed E-state index contributed by atoms with van der Waals surface area (Å²) < 4.78 is 5.43. The van der Waals surface area contributed by atoms with Gasteiger partial charge in [0, 0.05) is 10.4 Å². The second-order valence-corrected chi connectivity index (χ2v) is 4.83. The molecular weight excluding hydrogens is 244 g/mol. The molecule has 0 bridgehead atoms. The van der Waals surface area contributed by atoms with Crippen LogP contribution >= 0.6 is 11.3 Å². The molecule has 1 aromatic carbocycles. The highest BCUT2D eigenvalue weighted by Gasteiger charge is 2.06. The normalized spacial score (nSPS) is 10.4. The first kappa shape index (κ1) is 11.0. The van der Waals surface area contributed by atoms with E-state index in [9.17, 15) is 4.79 Å². The highest BCUT2D eigenvalue weighted by Crippen LogP contribution is 2.29. The van der Waals surface area contributed by atoms with E-state index in [1.807, 2.05) is 24.3 Å². The van der Waals surface area contributed by atoms with Crippen LogP contribution in [0.15, 0.2) is 58.3 Å². The fourth-order valence-electron chi connectivity index (χ4n) is 1.84. The first-order chi connectivity index (χ1) is 8.86. The SMILES string of the molecule is O=Cc1ccc(-c2cccc(-c3cccs3)c2)o1. The maximum absolute atomic E-state index is 10.6. The van der Waals surface area contributed by atoms with Crippen molar-refractivity contribution < 1.29 is 9.21 Å². The molecule has 2 heterocycles. The smallest absolute Gasteiger partial charge is 0.185 e. The predicted molar refractivity (Wildman–Crippen MR) is 72.8 cm³/mol. The number of hydrogen-bond donors (Lipinski definition) is 0. The number of hydrogen-bond acceptors (Lipinski definition) is 3. The second-order valence-electron chi connectivity index (χ2n) is 3.88. The maximum atomic E-state index is 10.6. The minimum absolute atomic E-state index is 0.353. The molecule has 3 aromatic rings. The van der Waals surface area contributed by atoms with Crippen molar-refractivity contribution >= 4 is 17.6 Å². The fourth-order valence-corrected chi connectivity index (χ4v) is 2.56. The minimum atomic E-state index is 0.353. The summed E-state index contributed by atoms with van der Waals surface area (Å²) in [6.07, 6.45) is 0.715. The largest absolute Gasteiger partial charge is 0.453 e. The highest BCUT2D eigenvalue weighted by molar-refractivity contribution is 7.13. The predicted octanol–water partition coefficient (Wildman–Crippen LogP) is 4.49. The van der Waals surface area contributed by atoms with Gasteiger partial charge in [0.15, 0.2) is 12.0 Å². The van der Waals surface area contributed by atoms with E-state index >= 15 is 0 Å². The molecule has 0 aliphatic carbocycles. The molecule has 2 nitrogen and oxygen atoms in total. The minimum Gasteiger partial charge on any atom is -0.453 e. The van der Waals surface area contributed by atoms with Gasteiger partial charge in [0.2, 0.25) is 0 Å². The lowest BCUT2D eigenvalue weighted by Crippen LogP contribution is -1.76. The van der Waals surface area contributed by atoms with Crippen molar-refractivity contribution in [2.45, 2.75) is 0 Å². The molecule has 0 amide bonds. The Balaban J connectivity index is 2.03. The van der Waals surface area contributed by atoms with E-state index in [4.69, 9.17) is 4.42 Å². The van der Waals surface area contributed by atoms with Crippen molar-refractivity contribution in [2.75, 3.05) is 0 Å². The average molecular weight is 254 g/mol. The Bertz CT molecular complexity index is 665. The Labute approximate surface area is 109 Å². The molecule has 0 saturated carbocycles. The van der Waals surface area contributed by atoms with Gasteiger partial charge in [-0.1, -0.05) is 24.3 Å². The van der Waals surface area contributed by atoms with Crippen molar-refractivity contribution in [3.63, 3.8) is 0 Å². The fraction of sp³-hybridized carbons (Fsp3) is 0. The Morgan fingerprint density at radius 2 is 1.89 bits per heavy atom. The third-order valence-electron chi connectivity index (χ3n) is 2.70. The van der Waals surface area contributed by atoms with Gasteiger partial charge in [0.1, 0.15) is 5.76 Å². The van der Waals surface area contributed by atoms with Crippen LogP contribution in [0.5, 0.6) is 0 Å². The van der Waals surface area contributed by atoms with Gasteiger partial charge in [-0.25, -0.2) is 0 Å². The van der Waals surface area contributed by atoms with Gasteiger partial charge in [0.25, 0.3) is 0 Å². The Hall–Kier alpha value is -2.13. The van der Waals surface area contributed by atoms with E-state index in [1.165, 1.54) is 4.88 Å². The lowest BCUT2D eigenvalue weighted by molar-refractivity contribution is 0.110. The molecule has 0 unspecified atom stereocenters. The monoisotopic (exact) mass is 254 g/mol. The molecule has 18 heavy (non-hydrogen) atoms. The highest BCUT2D eigenvalue weighted by atomic mass is 32.1. The van der Waals surface area contributed by atoms with Crippen molar-refractivity contribution in [1.82, 2.24) is 0 Å². The Morgan fingerprint density at radius 3 is 2.61 bits per heavy atom. The van der Waals surface area contributed by atoms with E-state index in [2.05, 4.69) is 23.6 Å². The lowest BCUT2D eigenvalue weighted by atomic mass is 10.1. The quantitative estimate of drug-likeness (QED) is 0.645. The van der Waals surface area contributed by atoms with Crippen LogP contribution in [0.4, 0.5) is 0 Å². The molecule has 0 N–H and O–H groups in total. The van der Waals surface area contributed by atoms with Gasteiger partial charge in [0.05, 0.1) is 0 Å². The standard InChI is InChI=1S/C15H10O2S/c16-10-13-6-7-14(17-13)11-3-1-4-12(9-11)15-5-2-8-18-15/h1-10H. The van der Waals surface area contributed by atoms with Crippen LogP contribution in [0.1, 0.15) is 10.6 Å². The van der Waals surface area contributed by atoms with Gasteiger partial charge in [-0.2, -0.15) is 0 Å². The first-order valence-corrected chi connectivity index (χ1v) is 6.44. The summed E-state index contributed by atoms with van der Waals surface area (Å²) in [5.41, 5.74) is 2.14. The Morgan fingerprint density at radius 1 is 1.00 bits per heavy atom. The van der Waals surface area contributed by atoms with Crippen LogP contribution in [0, 0.1) is 0 Å². The van der Waals surface area contributed by atoms with Crippen LogP contribution in [-0.2, 0) is 0 Å². The topological polar surface area (TPSA) is 30.2 Å². The average Bonchev–Trinajstić information content (AvgIpc) is 3.10. The van der Waals surface area contributed by atoms with Crippen LogP contribution in [-0.4, -0.2) is 6.29 Å². The number of aldehydes is 1. The molecule has 0 aliphatic rings. The third-order valence-corrected chi connectivity index (χ3v) is 3.61. The van der Waals surface area contributed by atoms with E-state index in [0.29, 0.717) is 12.0 Å². The zero-order valence-corrected chi connectivity index (χ0v) is 10.3. The molecule has 0 radical (unpaired) electrons. The second kappa shape index (κ2) is 4.63. The summed E-state index contributed by atoms with van der Waals surface area (Å²) in [4.78, 5) is 11.8. The van der Waals surface area contributed by atoms with Crippen LogP contribution in [0.2, 0.25) is 0 Å². The van der Waals surface area contributed by atoms with E-state index in [1.54, 1.807) is 17.4 Å². The summed E-state index contributed by atoms with van der Waals surface area (Å²) >= 11 is 1.70. The van der Waals surface area contributed by atoms with Gasteiger partial charge in [-0.15, -0.1) is 11.3 Å². The van der Waals surface area contributed by atoms with E-state index < -0.39 is 0 Å². The first-order valence-electron chi connectivity index (χ1n) is 5.56. The van der Waals surface area contributed by atoms with Crippen LogP contribution in [0.25, 0.3) is 21.8 Å². The van der Waals surface area contributed by atoms with E-state index in [0.717, 1.165) is 16.9 Å². The maximum Gasteiger partial charge on any atom is 0.185 e. The number of furan rings is 1. The molecule has 0 aliphatic heterocycles. The van der Waals surface area contributed by atoms with Crippen molar-refractivity contribution in [1.29, 1.82) is 0 Å². The summed E-state index contributed by atoms with van der Waals surface area (Å²) in [5, 5.41) is 2.05. The molecule has 3 rings (SSSR count). The molecule has 2 aromatic heterocycles. The lowest BCUT2D eigenvalue weighted by Gasteiger charge is -2.01. The molecule has 0 atom stereocenters. The molecule has 0 fully saturated rings. The number of benzene rings is 1. The van der Waals surface area contributed by atoms with Gasteiger partial charge in [-0.3, -0.25) is 4.79 Å². The summed E-state index contributed by atoms with van der Waals surface area (Å²) in [6.45, 7) is 0. The van der Waals surface area contributed by atoms with Crippen molar-refractivity contribution in [3.05, 3.63) is 59.7 Å². The number of thiophene rings is 1. The summed E-state index contributed by atoms with van der Waals surface area (Å²) in [5.74, 6) is 1.07. The van der Waals surface area contributed by atoms with Gasteiger partial charge in [-0.05, 0) is 35.2 Å². The number of carbonyl (C=O) groups excluding carboxylic acids is 1. The Kier molecular flexibility index (Phi) is 2.82. The number of rotatable bonds is 3. The van der Waals surface area contributed by atoms with Crippen LogP contribution < -0.4 is 0 Å². The van der Waals surface area contributed by atoms with Crippen molar-refractivity contribution in [2.24, 2.45) is 0 Å². The van der Waals surface area contributed by atoms with Gasteiger partial charge < -0.3 is 4.42 Å². The molecule has 0 spiro atoms. The van der Waals surface area contributed by atoms with Crippen molar-refractivity contribution in [3.8, 4) is 21.8 Å². The molecule has 3 heteroatoms. The van der Waals surface area contributed by atoms with Gasteiger partial charge >= 0.3 is 0 Å². The molecule has 88 valence electrons. The molecular formula is C15H10O2S. The molecule has 0 saturated heterocycles.